The van der Waals surface area contributed by atoms with Gasteiger partial charge in [0.1, 0.15) is 0 Å². The van der Waals surface area contributed by atoms with E-state index >= 15 is 0 Å². The summed E-state index contributed by atoms with van der Waals surface area (Å²) >= 11 is 0. The van der Waals surface area contributed by atoms with Crippen molar-refractivity contribution >= 4 is 5.69 Å². The highest BCUT2D eigenvalue weighted by molar-refractivity contribution is 5.62. The van der Waals surface area contributed by atoms with Gasteiger partial charge in [-0.05, 0) is 43.2 Å². The minimum absolute atomic E-state index is 0.226. The molecule has 2 N–H and O–H groups in total. The first-order chi connectivity index (χ1) is 10.7. The van der Waals surface area contributed by atoms with E-state index < -0.39 is 0 Å². The molecular formula is C17H20FN3O. The van der Waals surface area contributed by atoms with Gasteiger partial charge in [-0.3, -0.25) is 4.98 Å². The van der Waals surface area contributed by atoms with Crippen LogP contribution < -0.4 is 15.4 Å². The molecule has 0 radical (unpaired) electrons. The van der Waals surface area contributed by atoms with Gasteiger partial charge in [-0.15, -0.1) is 0 Å². The van der Waals surface area contributed by atoms with E-state index in [2.05, 4.69) is 9.88 Å². The molecule has 0 amide bonds. The number of hydrogen-bond acceptors (Lipinski definition) is 4. The molecule has 1 saturated heterocycles. The Morgan fingerprint density at radius 2 is 2.18 bits per heavy atom. The van der Waals surface area contributed by atoms with Gasteiger partial charge >= 0.3 is 0 Å². The minimum atomic E-state index is -0.382. The first kappa shape index (κ1) is 14.8. The summed E-state index contributed by atoms with van der Waals surface area (Å²) in [4.78, 5) is 6.71. The highest BCUT2D eigenvalue weighted by atomic mass is 19.1. The zero-order chi connectivity index (χ0) is 15.5. The summed E-state index contributed by atoms with van der Waals surface area (Å²) < 4.78 is 18.7. The average Bonchev–Trinajstić information content (AvgIpc) is 2.55. The molecule has 2 aromatic rings. The van der Waals surface area contributed by atoms with Gasteiger partial charge in [0.05, 0.1) is 24.7 Å². The largest absolute Gasteiger partial charge is 0.494 e. The third-order valence-electron chi connectivity index (χ3n) is 4.02. The van der Waals surface area contributed by atoms with Crippen molar-refractivity contribution in [2.75, 3.05) is 25.1 Å². The fourth-order valence-electron chi connectivity index (χ4n) is 2.81. The van der Waals surface area contributed by atoms with Crippen LogP contribution in [0.25, 0.3) is 11.3 Å². The van der Waals surface area contributed by atoms with Gasteiger partial charge in [-0.1, -0.05) is 0 Å². The smallest absolute Gasteiger partial charge is 0.165 e. The molecule has 1 aromatic heterocycles. The zero-order valence-corrected chi connectivity index (χ0v) is 12.6. The van der Waals surface area contributed by atoms with Crippen molar-refractivity contribution in [1.29, 1.82) is 0 Å². The number of halogens is 1. The Labute approximate surface area is 129 Å². The number of aromatic nitrogens is 1. The number of rotatable bonds is 3. The lowest BCUT2D eigenvalue weighted by atomic mass is 10.1. The number of nitrogens with zero attached hydrogens (tertiary/aromatic N) is 2. The van der Waals surface area contributed by atoms with Gasteiger partial charge < -0.3 is 15.4 Å². The molecule has 0 bridgehead atoms. The Balaban J connectivity index is 1.80. The predicted octanol–water partition coefficient (Wildman–Crippen LogP) is 2.82. The lowest BCUT2D eigenvalue weighted by Crippen LogP contribution is -2.42. The number of methoxy groups -OCH3 is 1. The van der Waals surface area contributed by atoms with Crippen LogP contribution in [-0.2, 0) is 0 Å². The van der Waals surface area contributed by atoms with E-state index in [9.17, 15) is 4.39 Å². The molecule has 5 heteroatoms. The third-order valence-corrected chi connectivity index (χ3v) is 4.02. The van der Waals surface area contributed by atoms with Crippen LogP contribution >= 0.6 is 0 Å². The van der Waals surface area contributed by atoms with E-state index in [1.54, 1.807) is 12.1 Å². The number of nitrogens with two attached hydrogens (primary N) is 1. The molecule has 1 atom stereocenters. The first-order valence-corrected chi connectivity index (χ1v) is 7.48. The van der Waals surface area contributed by atoms with E-state index in [0.29, 0.717) is 0 Å². The third kappa shape index (κ3) is 3.04. The fourth-order valence-corrected chi connectivity index (χ4v) is 2.81. The molecule has 1 aliphatic rings. The van der Waals surface area contributed by atoms with Gasteiger partial charge in [0.2, 0.25) is 0 Å². The Morgan fingerprint density at radius 1 is 1.32 bits per heavy atom. The maximum atomic E-state index is 13.8. The van der Waals surface area contributed by atoms with Crippen LogP contribution in [0, 0.1) is 5.82 Å². The summed E-state index contributed by atoms with van der Waals surface area (Å²) in [6.07, 6.45) is 4.01. The Morgan fingerprint density at radius 3 is 2.82 bits per heavy atom. The molecule has 22 heavy (non-hydrogen) atoms. The standard InChI is InChI=1S/C17H20FN3O/c1-22-17-7-4-12(9-15(17)18)16-6-5-14(10-20-16)21-8-2-3-13(19)11-21/h4-7,9-10,13H,2-3,8,11,19H2,1H3. The van der Waals surface area contributed by atoms with Crippen molar-refractivity contribution in [2.24, 2.45) is 5.73 Å². The van der Waals surface area contributed by atoms with Gasteiger partial charge in [0.25, 0.3) is 0 Å². The summed E-state index contributed by atoms with van der Waals surface area (Å²) in [5.74, 6) is -0.143. The van der Waals surface area contributed by atoms with Crippen LogP contribution in [0.2, 0.25) is 0 Å². The number of anilines is 1. The minimum Gasteiger partial charge on any atom is -0.494 e. The topological polar surface area (TPSA) is 51.4 Å². The van der Waals surface area contributed by atoms with Crippen LogP contribution in [0.15, 0.2) is 36.5 Å². The average molecular weight is 301 g/mol. The van der Waals surface area contributed by atoms with E-state index in [4.69, 9.17) is 10.5 Å². The summed E-state index contributed by atoms with van der Waals surface area (Å²) in [6.45, 7) is 1.87. The summed E-state index contributed by atoms with van der Waals surface area (Å²) in [5, 5.41) is 0. The number of pyridine rings is 1. The van der Waals surface area contributed by atoms with Crippen molar-refractivity contribution in [2.45, 2.75) is 18.9 Å². The molecule has 0 saturated carbocycles. The summed E-state index contributed by atoms with van der Waals surface area (Å²) in [6, 6.07) is 9.02. The second-order valence-corrected chi connectivity index (χ2v) is 5.60. The number of benzene rings is 1. The normalized spacial score (nSPS) is 18.3. The molecule has 1 aromatic carbocycles. The van der Waals surface area contributed by atoms with Crippen LogP contribution in [0.3, 0.4) is 0 Å². The van der Waals surface area contributed by atoms with E-state index in [1.807, 2.05) is 18.3 Å². The molecule has 2 heterocycles. The van der Waals surface area contributed by atoms with Crippen LogP contribution in [-0.4, -0.2) is 31.2 Å². The van der Waals surface area contributed by atoms with E-state index in [1.165, 1.54) is 13.2 Å². The summed E-state index contributed by atoms with van der Waals surface area (Å²) in [5.41, 5.74) is 8.55. The fraction of sp³-hybridized carbons (Fsp3) is 0.353. The second-order valence-electron chi connectivity index (χ2n) is 5.60. The lowest BCUT2D eigenvalue weighted by Gasteiger charge is -2.32. The molecule has 1 unspecified atom stereocenters. The van der Waals surface area contributed by atoms with Crippen LogP contribution in [0.1, 0.15) is 12.8 Å². The molecule has 1 aliphatic heterocycles. The maximum absolute atomic E-state index is 13.8. The molecule has 116 valence electrons. The van der Waals surface area contributed by atoms with Crippen molar-refractivity contribution < 1.29 is 9.13 Å². The van der Waals surface area contributed by atoms with Crippen molar-refractivity contribution in [3.8, 4) is 17.0 Å². The SMILES string of the molecule is COc1ccc(-c2ccc(N3CCCC(N)C3)cn2)cc1F. The van der Waals surface area contributed by atoms with Gasteiger partial charge in [0.15, 0.2) is 11.6 Å². The van der Waals surface area contributed by atoms with Crippen LogP contribution in [0.5, 0.6) is 5.75 Å². The van der Waals surface area contributed by atoms with Gasteiger partial charge in [-0.25, -0.2) is 4.39 Å². The van der Waals surface area contributed by atoms with Crippen molar-refractivity contribution in [3.63, 3.8) is 0 Å². The first-order valence-electron chi connectivity index (χ1n) is 7.48. The second kappa shape index (κ2) is 6.32. The molecule has 0 aliphatic carbocycles. The van der Waals surface area contributed by atoms with Gasteiger partial charge in [0, 0.05) is 24.7 Å². The highest BCUT2D eigenvalue weighted by Gasteiger charge is 2.17. The number of hydrogen-bond donors (Lipinski definition) is 1. The highest BCUT2D eigenvalue weighted by Crippen LogP contribution is 2.26. The number of ether oxygens (including phenoxy) is 1. The molecule has 3 rings (SSSR count). The zero-order valence-electron chi connectivity index (χ0n) is 12.6. The van der Waals surface area contributed by atoms with Gasteiger partial charge in [-0.2, -0.15) is 0 Å². The lowest BCUT2D eigenvalue weighted by molar-refractivity contribution is 0.386. The summed E-state index contributed by atoms with van der Waals surface area (Å²) in [7, 11) is 1.45. The predicted molar refractivity (Wildman–Crippen MR) is 85.6 cm³/mol. The monoisotopic (exact) mass is 301 g/mol. The Kier molecular flexibility index (Phi) is 4.24. The Hall–Kier alpha value is -2.14. The quantitative estimate of drug-likeness (QED) is 0.947. The van der Waals surface area contributed by atoms with Crippen molar-refractivity contribution in [3.05, 3.63) is 42.3 Å². The molecule has 4 nitrogen and oxygen atoms in total. The Bertz CT molecular complexity index is 645. The van der Waals surface area contributed by atoms with E-state index in [-0.39, 0.29) is 17.6 Å². The molecule has 0 spiro atoms. The van der Waals surface area contributed by atoms with Crippen LogP contribution in [0.4, 0.5) is 10.1 Å². The molecule has 1 fully saturated rings. The van der Waals surface area contributed by atoms with Crippen molar-refractivity contribution in [1.82, 2.24) is 4.98 Å². The maximum Gasteiger partial charge on any atom is 0.165 e. The number of piperidine rings is 1. The van der Waals surface area contributed by atoms with E-state index in [0.717, 1.165) is 42.9 Å². The molecular weight excluding hydrogens is 281 g/mol.